The number of hydrogen-bond donors (Lipinski definition) is 2. The number of benzene rings is 2. The summed E-state index contributed by atoms with van der Waals surface area (Å²) in [7, 11) is 0. The Hall–Kier alpha value is -2.10. The van der Waals surface area contributed by atoms with Crippen molar-refractivity contribution in [2.24, 2.45) is 0 Å². The van der Waals surface area contributed by atoms with Crippen molar-refractivity contribution in [3.63, 3.8) is 0 Å². The van der Waals surface area contributed by atoms with E-state index in [4.69, 9.17) is 9.94 Å². The first kappa shape index (κ1) is 12.9. The lowest BCUT2D eigenvalue weighted by Gasteiger charge is -2.10. The van der Waals surface area contributed by atoms with Crippen molar-refractivity contribution < 1.29 is 9.94 Å². The second-order valence-electron chi connectivity index (χ2n) is 4.87. The lowest BCUT2D eigenvalue weighted by molar-refractivity contribution is 0.161. The lowest BCUT2D eigenvalue weighted by atomic mass is 10.1. The van der Waals surface area contributed by atoms with E-state index in [0.29, 0.717) is 6.54 Å². The summed E-state index contributed by atoms with van der Waals surface area (Å²) in [6, 6.07) is 12.2. The summed E-state index contributed by atoms with van der Waals surface area (Å²) < 4.78 is 5.87. The summed E-state index contributed by atoms with van der Waals surface area (Å²) in [6.45, 7) is 0.439. The molecule has 2 N–H and O–H groups in total. The van der Waals surface area contributed by atoms with Gasteiger partial charge < -0.3 is 9.94 Å². The Morgan fingerprint density at radius 2 is 1.95 bits per heavy atom. The molecule has 0 unspecified atom stereocenters. The van der Waals surface area contributed by atoms with Crippen LogP contribution in [0.4, 0.5) is 0 Å². The Morgan fingerprint density at radius 1 is 1.05 bits per heavy atom. The predicted octanol–water partition coefficient (Wildman–Crippen LogP) is 3.93. The van der Waals surface area contributed by atoms with Gasteiger partial charge in [-0.3, -0.25) is 0 Å². The molecule has 1 aliphatic carbocycles. The summed E-state index contributed by atoms with van der Waals surface area (Å²) in [4.78, 5) is 0. The highest BCUT2D eigenvalue weighted by Crippen LogP contribution is 2.24. The van der Waals surface area contributed by atoms with Gasteiger partial charge in [0.15, 0.2) is 0 Å². The maximum atomic E-state index is 8.77. The highest BCUT2D eigenvalue weighted by Gasteiger charge is 2.03. The Labute approximate surface area is 118 Å². The van der Waals surface area contributed by atoms with Crippen LogP contribution in [0, 0.1) is 0 Å². The van der Waals surface area contributed by atoms with Crippen LogP contribution in [0.15, 0.2) is 60.4 Å². The van der Waals surface area contributed by atoms with Crippen LogP contribution in [0.1, 0.15) is 18.4 Å². The van der Waals surface area contributed by atoms with Crippen molar-refractivity contribution in [3.05, 3.63) is 65.9 Å². The van der Waals surface area contributed by atoms with E-state index in [1.54, 1.807) is 0 Å². The van der Waals surface area contributed by atoms with E-state index in [2.05, 4.69) is 23.7 Å². The molecule has 0 amide bonds. The Kier molecular flexibility index (Phi) is 3.81. The Balaban J connectivity index is 1.88. The molecule has 0 bridgehead atoms. The van der Waals surface area contributed by atoms with Crippen molar-refractivity contribution in [1.82, 2.24) is 5.48 Å². The minimum atomic E-state index is 0.439. The third-order valence-corrected chi connectivity index (χ3v) is 3.36. The predicted molar refractivity (Wildman–Crippen MR) is 79.7 cm³/mol. The molecule has 3 rings (SSSR count). The van der Waals surface area contributed by atoms with E-state index < -0.39 is 0 Å². The standard InChI is InChI=1S/C17H17NO2/c19-18-12-13-6-7-14-8-9-17(11-15(14)10-13)20-16-4-2-1-3-5-16/h2,4-11,18-19H,1,3,12H2. The first-order valence-corrected chi connectivity index (χ1v) is 6.79. The number of nitrogens with one attached hydrogen (secondary N) is 1. The largest absolute Gasteiger partial charge is 0.458 e. The normalized spacial score (nSPS) is 14.3. The second-order valence-corrected chi connectivity index (χ2v) is 4.87. The first-order valence-electron chi connectivity index (χ1n) is 6.79. The van der Waals surface area contributed by atoms with Gasteiger partial charge in [-0.15, -0.1) is 0 Å². The molecule has 102 valence electrons. The van der Waals surface area contributed by atoms with Gasteiger partial charge in [-0.05, 0) is 59.5 Å². The van der Waals surface area contributed by atoms with Crippen LogP contribution in [0.2, 0.25) is 0 Å². The van der Waals surface area contributed by atoms with Crippen molar-refractivity contribution in [2.75, 3.05) is 0 Å². The fourth-order valence-corrected chi connectivity index (χ4v) is 2.34. The van der Waals surface area contributed by atoms with Crippen LogP contribution in [0.5, 0.6) is 5.75 Å². The molecule has 0 aliphatic heterocycles. The van der Waals surface area contributed by atoms with Gasteiger partial charge in [-0.2, -0.15) is 0 Å². The van der Waals surface area contributed by atoms with Gasteiger partial charge in [0.05, 0.1) is 0 Å². The van der Waals surface area contributed by atoms with E-state index in [0.717, 1.165) is 40.7 Å². The lowest BCUT2D eigenvalue weighted by Crippen LogP contribution is -2.05. The highest BCUT2D eigenvalue weighted by molar-refractivity contribution is 5.84. The second kappa shape index (κ2) is 5.90. The minimum absolute atomic E-state index is 0.439. The topological polar surface area (TPSA) is 41.5 Å². The van der Waals surface area contributed by atoms with E-state index >= 15 is 0 Å². The maximum Gasteiger partial charge on any atom is 0.128 e. The van der Waals surface area contributed by atoms with Gasteiger partial charge in [0.2, 0.25) is 0 Å². The molecule has 20 heavy (non-hydrogen) atoms. The molecular formula is C17H17NO2. The molecule has 0 radical (unpaired) electrons. The molecule has 3 heteroatoms. The zero-order chi connectivity index (χ0) is 13.8. The Morgan fingerprint density at radius 3 is 2.75 bits per heavy atom. The van der Waals surface area contributed by atoms with Crippen LogP contribution in [0.3, 0.4) is 0 Å². The van der Waals surface area contributed by atoms with E-state index in [9.17, 15) is 0 Å². The molecule has 3 nitrogen and oxygen atoms in total. The highest BCUT2D eigenvalue weighted by atomic mass is 16.5. The average molecular weight is 267 g/mol. The monoisotopic (exact) mass is 267 g/mol. The van der Waals surface area contributed by atoms with Crippen molar-refractivity contribution in [3.8, 4) is 5.75 Å². The van der Waals surface area contributed by atoms with Crippen LogP contribution in [-0.2, 0) is 6.54 Å². The summed E-state index contributed by atoms with van der Waals surface area (Å²) in [6.07, 6.45) is 8.37. The molecule has 2 aromatic rings. The number of rotatable bonds is 4. The van der Waals surface area contributed by atoms with E-state index in [1.165, 1.54) is 0 Å². The van der Waals surface area contributed by atoms with Crippen molar-refractivity contribution >= 4 is 10.8 Å². The van der Waals surface area contributed by atoms with Crippen molar-refractivity contribution in [1.29, 1.82) is 0 Å². The van der Waals surface area contributed by atoms with Gasteiger partial charge in [-0.25, -0.2) is 5.48 Å². The minimum Gasteiger partial charge on any atom is -0.458 e. The van der Waals surface area contributed by atoms with Gasteiger partial charge in [0.25, 0.3) is 0 Å². The summed E-state index contributed by atoms with van der Waals surface area (Å²) >= 11 is 0. The molecule has 0 saturated carbocycles. The van der Waals surface area contributed by atoms with Crippen LogP contribution < -0.4 is 10.2 Å². The maximum absolute atomic E-state index is 8.77. The fourth-order valence-electron chi connectivity index (χ4n) is 2.34. The smallest absolute Gasteiger partial charge is 0.128 e. The van der Waals surface area contributed by atoms with Crippen LogP contribution in [0.25, 0.3) is 10.8 Å². The SMILES string of the molecule is ONCc1ccc2ccc(OC3=CCCC=C3)cc2c1. The number of fused-ring (bicyclic) bond motifs is 1. The van der Waals surface area contributed by atoms with E-state index in [1.807, 2.05) is 36.4 Å². The molecule has 0 heterocycles. The summed E-state index contributed by atoms with van der Waals surface area (Å²) in [5, 5.41) is 11.0. The van der Waals surface area contributed by atoms with Gasteiger partial charge in [0, 0.05) is 6.54 Å². The molecular weight excluding hydrogens is 250 g/mol. The van der Waals surface area contributed by atoms with E-state index in [-0.39, 0.29) is 0 Å². The third-order valence-electron chi connectivity index (χ3n) is 3.36. The van der Waals surface area contributed by atoms with Crippen molar-refractivity contribution in [2.45, 2.75) is 19.4 Å². The third kappa shape index (κ3) is 2.90. The number of ether oxygens (including phenoxy) is 1. The quantitative estimate of drug-likeness (QED) is 0.825. The molecule has 0 atom stereocenters. The molecule has 0 saturated heterocycles. The fraction of sp³-hybridized carbons (Fsp3) is 0.176. The molecule has 2 aromatic carbocycles. The number of allylic oxidation sites excluding steroid dienone is 3. The first-order chi connectivity index (χ1) is 9.85. The number of hydroxylamine groups is 1. The van der Waals surface area contributed by atoms with Gasteiger partial charge in [0.1, 0.15) is 11.5 Å². The summed E-state index contributed by atoms with van der Waals surface area (Å²) in [5.41, 5.74) is 3.22. The molecule has 0 fully saturated rings. The number of hydrogen-bond acceptors (Lipinski definition) is 3. The summed E-state index contributed by atoms with van der Waals surface area (Å²) in [5.74, 6) is 1.74. The van der Waals surface area contributed by atoms with Gasteiger partial charge >= 0.3 is 0 Å². The molecule has 1 aliphatic rings. The molecule has 0 aromatic heterocycles. The Bertz CT molecular complexity index is 674. The average Bonchev–Trinajstić information content (AvgIpc) is 2.48. The van der Waals surface area contributed by atoms with Gasteiger partial charge in [-0.1, -0.05) is 24.3 Å². The van der Waals surface area contributed by atoms with Crippen LogP contribution >= 0.6 is 0 Å². The van der Waals surface area contributed by atoms with Crippen LogP contribution in [-0.4, -0.2) is 5.21 Å². The molecule has 0 spiro atoms. The zero-order valence-corrected chi connectivity index (χ0v) is 11.2. The zero-order valence-electron chi connectivity index (χ0n) is 11.2.